The van der Waals surface area contributed by atoms with Gasteiger partial charge < -0.3 is 4.42 Å². The third-order valence-corrected chi connectivity index (χ3v) is 11.1. The second-order valence-electron chi connectivity index (χ2n) is 14.3. The van der Waals surface area contributed by atoms with E-state index in [-0.39, 0.29) is 0 Å². The van der Waals surface area contributed by atoms with Crippen molar-refractivity contribution in [1.29, 1.82) is 0 Å². The van der Waals surface area contributed by atoms with Gasteiger partial charge in [0, 0.05) is 28.1 Å². The van der Waals surface area contributed by atoms with Gasteiger partial charge in [0.05, 0.1) is 5.69 Å². The number of benzene rings is 9. The lowest BCUT2D eigenvalue weighted by Crippen LogP contribution is -1.92. The first-order chi connectivity index (χ1) is 27.2. The van der Waals surface area contributed by atoms with Crippen LogP contribution in [0, 0.1) is 0 Å². The molecule has 2 heteroatoms. The first-order valence-corrected chi connectivity index (χ1v) is 18.8. The van der Waals surface area contributed by atoms with Crippen LogP contribution in [-0.2, 0) is 0 Å². The van der Waals surface area contributed by atoms with E-state index in [1.807, 2.05) is 6.20 Å². The highest BCUT2D eigenvalue weighted by Gasteiger charge is 2.18. The Kier molecular flexibility index (Phi) is 7.21. The second-order valence-corrected chi connectivity index (χ2v) is 14.3. The summed E-state index contributed by atoms with van der Waals surface area (Å²) in [6.45, 7) is 0. The number of hydrogen-bond donors (Lipinski definition) is 0. The summed E-state index contributed by atoms with van der Waals surface area (Å²) in [5.74, 6) is 0. The molecule has 2 nitrogen and oxygen atoms in total. The number of fused-ring (bicyclic) bond motifs is 6. The fourth-order valence-corrected chi connectivity index (χ4v) is 8.38. The number of furan rings is 1. The van der Waals surface area contributed by atoms with E-state index in [0.29, 0.717) is 0 Å². The summed E-state index contributed by atoms with van der Waals surface area (Å²) in [4.78, 5) is 5.12. The minimum Gasteiger partial charge on any atom is -0.456 e. The van der Waals surface area contributed by atoms with Crippen molar-refractivity contribution in [2.75, 3.05) is 0 Å². The van der Waals surface area contributed by atoms with Gasteiger partial charge in [-0.15, -0.1) is 0 Å². The van der Waals surface area contributed by atoms with Crippen molar-refractivity contribution in [3.05, 3.63) is 200 Å². The average molecular weight is 700 g/mol. The van der Waals surface area contributed by atoms with Crippen LogP contribution in [0.2, 0.25) is 0 Å². The summed E-state index contributed by atoms with van der Waals surface area (Å²) >= 11 is 0. The van der Waals surface area contributed by atoms with E-state index in [9.17, 15) is 0 Å². The van der Waals surface area contributed by atoms with E-state index in [2.05, 4.69) is 194 Å². The molecule has 0 fully saturated rings. The molecule has 11 aromatic rings. The third-order valence-electron chi connectivity index (χ3n) is 11.1. The molecule has 55 heavy (non-hydrogen) atoms. The molecule has 0 amide bonds. The fourth-order valence-electron chi connectivity index (χ4n) is 8.38. The van der Waals surface area contributed by atoms with Gasteiger partial charge in [-0.2, -0.15) is 0 Å². The Bertz CT molecular complexity index is 3160. The zero-order valence-corrected chi connectivity index (χ0v) is 29.9. The van der Waals surface area contributed by atoms with E-state index in [4.69, 9.17) is 9.40 Å². The maximum absolute atomic E-state index is 6.25. The molecule has 0 atom stereocenters. The topological polar surface area (TPSA) is 26.0 Å². The molecule has 0 saturated carbocycles. The smallest absolute Gasteiger partial charge is 0.136 e. The van der Waals surface area contributed by atoms with Crippen molar-refractivity contribution in [3.8, 4) is 55.8 Å². The first-order valence-electron chi connectivity index (χ1n) is 18.8. The van der Waals surface area contributed by atoms with Gasteiger partial charge in [0.1, 0.15) is 11.2 Å². The van der Waals surface area contributed by atoms with E-state index in [1.54, 1.807) is 0 Å². The molecule has 11 rings (SSSR count). The Hall–Kier alpha value is -7.29. The molecular weight excluding hydrogens is 667 g/mol. The van der Waals surface area contributed by atoms with Crippen LogP contribution < -0.4 is 0 Å². The highest BCUT2D eigenvalue weighted by atomic mass is 16.3. The molecule has 0 N–H and O–H groups in total. The lowest BCUT2D eigenvalue weighted by atomic mass is 9.87. The Morgan fingerprint density at radius 1 is 0.291 bits per heavy atom. The van der Waals surface area contributed by atoms with Gasteiger partial charge >= 0.3 is 0 Å². The van der Waals surface area contributed by atoms with Crippen LogP contribution in [0.3, 0.4) is 0 Å². The number of aromatic nitrogens is 1. The van der Waals surface area contributed by atoms with Gasteiger partial charge in [-0.1, -0.05) is 164 Å². The van der Waals surface area contributed by atoms with Crippen LogP contribution in [0.5, 0.6) is 0 Å². The summed E-state index contributed by atoms with van der Waals surface area (Å²) in [6, 6.07) is 69.5. The van der Waals surface area contributed by atoms with E-state index in [1.165, 1.54) is 54.6 Å². The molecule has 0 aliphatic heterocycles. The van der Waals surface area contributed by atoms with Crippen molar-refractivity contribution in [2.45, 2.75) is 0 Å². The molecule has 0 radical (unpaired) electrons. The lowest BCUT2D eigenvalue weighted by Gasteiger charge is -2.17. The normalized spacial score (nSPS) is 11.6. The second kappa shape index (κ2) is 12.7. The lowest BCUT2D eigenvalue weighted by molar-refractivity contribution is 0.669. The summed E-state index contributed by atoms with van der Waals surface area (Å²) in [7, 11) is 0. The molecule has 2 aromatic heterocycles. The highest BCUT2D eigenvalue weighted by Crippen LogP contribution is 2.44. The number of nitrogens with zero attached hydrogens (tertiary/aromatic N) is 1. The maximum Gasteiger partial charge on any atom is 0.136 e. The maximum atomic E-state index is 6.25. The van der Waals surface area contributed by atoms with Crippen LogP contribution in [0.25, 0.3) is 110 Å². The zero-order valence-electron chi connectivity index (χ0n) is 29.9. The molecule has 0 aliphatic rings. The van der Waals surface area contributed by atoms with Crippen LogP contribution in [0.1, 0.15) is 0 Å². The minimum atomic E-state index is 0.907. The van der Waals surface area contributed by atoms with Crippen molar-refractivity contribution >= 4 is 54.3 Å². The predicted molar refractivity (Wildman–Crippen MR) is 231 cm³/mol. The molecule has 0 saturated heterocycles. The number of pyridine rings is 1. The Labute approximate surface area is 318 Å². The summed E-state index contributed by atoms with van der Waals surface area (Å²) < 4.78 is 6.25. The van der Waals surface area contributed by atoms with Gasteiger partial charge in [-0.25, -0.2) is 0 Å². The third kappa shape index (κ3) is 5.30. The van der Waals surface area contributed by atoms with E-state index in [0.717, 1.165) is 55.4 Å². The van der Waals surface area contributed by atoms with Crippen molar-refractivity contribution < 1.29 is 4.42 Å². The van der Waals surface area contributed by atoms with Gasteiger partial charge in [-0.3, -0.25) is 4.98 Å². The van der Waals surface area contributed by atoms with E-state index >= 15 is 0 Å². The van der Waals surface area contributed by atoms with Crippen molar-refractivity contribution in [3.63, 3.8) is 0 Å². The Balaban J connectivity index is 0.940. The predicted octanol–water partition coefficient (Wildman–Crippen LogP) is 14.8. The summed E-state index contributed by atoms with van der Waals surface area (Å²) in [6.07, 6.45) is 2.01. The minimum absolute atomic E-state index is 0.907. The molecule has 0 spiro atoms. The largest absolute Gasteiger partial charge is 0.456 e. The van der Waals surface area contributed by atoms with Crippen LogP contribution in [0.4, 0.5) is 0 Å². The standard InChI is InChI=1S/C53H33NO/c1-2-10-34(11-3-1)35-22-24-38(25-23-35)52-43-14-6-8-16-45(43)53(46-17-9-7-15-44(46)52)49-28-26-42(33-54-49)37-20-18-36(19-21-37)41-27-29-50-47(31-41)48-30-39-12-4-5-13-40(39)32-51(48)55-50/h1-33H. The molecule has 256 valence electrons. The van der Waals surface area contributed by atoms with Crippen molar-refractivity contribution in [2.24, 2.45) is 0 Å². The SMILES string of the molecule is c1ccc(-c2ccc(-c3c4ccccc4c(-c4ccc(-c5ccc(-c6ccc7oc8cc9ccccc9cc8c7c6)cc5)cn4)c4ccccc34)cc2)cc1. The fraction of sp³-hybridized carbons (Fsp3) is 0. The van der Waals surface area contributed by atoms with Crippen LogP contribution in [0.15, 0.2) is 205 Å². The quantitative estimate of drug-likeness (QED) is 0.167. The Morgan fingerprint density at radius 2 is 0.764 bits per heavy atom. The zero-order chi connectivity index (χ0) is 36.3. The highest BCUT2D eigenvalue weighted by molar-refractivity contribution is 6.21. The van der Waals surface area contributed by atoms with Crippen LogP contribution >= 0.6 is 0 Å². The summed E-state index contributed by atoms with van der Waals surface area (Å²) in [5.41, 5.74) is 13.4. The molecule has 0 bridgehead atoms. The first kappa shape index (κ1) is 31.3. The Morgan fingerprint density at radius 3 is 1.40 bits per heavy atom. The van der Waals surface area contributed by atoms with Gasteiger partial charge in [0.25, 0.3) is 0 Å². The molecule has 0 aliphatic carbocycles. The van der Waals surface area contributed by atoms with Crippen molar-refractivity contribution in [1.82, 2.24) is 4.98 Å². The molecule has 9 aromatic carbocycles. The van der Waals surface area contributed by atoms with E-state index < -0.39 is 0 Å². The molecular formula is C53H33NO. The number of rotatable bonds is 5. The van der Waals surface area contributed by atoms with Gasteiger partial charge in [-0.05, 0) is 102 Å². The molecule has 2 heterocycles. The number of hydrogen-bond acceptors (Lipinski definition) is 2. The molecule has 0 unspecified atom stereocenters. The van der Waals surface area contributed by atoms with Crippen LogP contribution in [-0.4, -0.2) is 4.98 Å². The monoisotopic (exact) mass is 699 g/mol. The average Bonchev–Trinajstić information content (AvgIpc) is 3.62. The summed E-state index contributed by atoms with van der Waals surface area (Å²) in [5, 5.41) is 9.53. The van der Waals surface area contributed by atoms with Gasteiger partial charge in [0.15, 0.2) is 0 Å². The van der Waals surface area contributed by atoms with Gasteiger partial charge in [0.2, 0.25) is 0 Å².